The number of halogens is 4. The maximum absolute atomic E-state index is 13.7. The number of carbonyl (C=O) groups excluding carboxylic acids is 2. The Morgan fingerprint density at radius 1 is 0.771 bits per heavy atom. The van der Waals surface area contributed by atoms with Crippen LogP contribution >= 0.6 is 46.4 Å². The fraction of sp³-hybridized carbons (Fsp3) is 0.259. The van der Waals surface area contributed by atoms with Gasteiger partial charge in [0.05, 0.1) is 26.5 Å². The fourth-order valence-electron chi connectivity index (χ4n) is 3.70. The van der Waals surface area contributed by atoms with Crippen molar-refractivity contribution in [3.63, 3.8) is 0 Å². The Balaban J connectivity index is 1.99. The largest absolute Gasteiger partial charge is 0.352 e. The molecule has 0 unspecified atom stereocenters. The summed E-state index contributed by atoms with van der Waals surface area (Å²) in [6.07, 6.45) is 0.409. The van der Waals surface area contributed by atoms with Crippen molar-refractivity contribution in [2.75, 3.05) is 0 Å². The van der Waals surface area contributed by atoms with Crippen molar-refractivity contribution in [3.8, 4) is 0 Å². The van der Waals surface area contributed by atoms with Crippen molar-refractivity contribution >= 4 is 58.2 Å². The van der Waals surface area contributed by atoms with Crippen LogP contribution in [-0.2, 0) is 29.0 Å². The van der Waals surface area contributed by atoms with E-state index in [1.165, 1.54) is 0 Å². The molecule has 0 heterocycles. The number of nitrogens with one attached hydrogen (secondary N) is 1. The molecular weight excluding hydrogens is 526 g/mol. The summed E-state index contributed by atoms with van der Waals surface area (Å²) < 4.78 is 0. The topological polar surface area (TPSA) is 49.4 Å². The molecule has 0 aliphatic rings. The van der Waals surface area contributed by atoms with Gasteiger partial charge in [-0.3, -0.25) is 9.59 Å². The van der Waals surface area contributed by atoms with E-state index in [-0.39, 0.29) is 30.8 Å². The number of amides is 2. The summed E-state index contributed by atoms with van der Waals surface area (Å²) in [6.45, 7) is 3.96. The van der Waals surface area contributed by atoms with E-state index < -0.39 is 6.04 Å². The molecule has 3 rings (SSSR count). The van der Waals surface area contributed by atoms with E-state index in [0.717, 1.165) is 11.1 Å². The summed E-state index contributed by atoms with van der Waals surface area (Å²) in [5, 5.41) is 4.55. The first-order valence-electron chi connectivity index (χ1n) is 11.2. The van der Waals surface area contributed by atoms with Gasteiger partial charge in [-0.05, 0) is 54.8 Å². The number of hydrogen-bond acceptors (Lipinski definition) is 2. The molecule has 0 spiro atoms. The number of hydrogen-bond donors (Lipinski definition) is 1. The van der Waals surface area contributed by atoms with Crippen LogP contribution < -0.4 is 5.32 Å². The Morgan fingerprint density at radius 3 is 1.91 bits per heavy atom. The average molecular weight is 552 g/mol. The zero-order valence-electron chi connectivity index (χ0n) is 19.4. The summed E-state index contributed by atoms with van der Waals surface area (Å²) in [7, 11) is 0. The van der Waals surface area contributed by atoms with Crippen LogP contribution in [0, 0.1) is 0 Å². The van der Waals surface area contributed by atoms with E-state index in [0.29, 0.717) is 32.1 Å². The quantitative estimate of drug-likeness (QED) is 0.311. The first-order valence-corrected chi connectivity index (χ1v) is 12.7. The standard InChI is InChI=1S/C27H26Cl4N2O2/c1-17(2)32-27(35)25(14-18-6-4-3-5-7-18)33(16-20-9-11-22(29)24(31)13-20)26(34)15-19-8-10-21(28)23(30)12-19/h3-13,17,25H,14-16H2,1-2H3,(H,32,35)/t25-/m1/s1. The lowest BCUT2D eigenvalue weighted by Gasteiger charge is -2.32. The van der Waals surface area contributed by atoms with Gasteiger partial charge >= 0.3 is 0 Å². The monoisotopic (exact) mass is 550 g/mol. The number of benzene rings is 3. The van der Waals surface area contributed by atoms with E-state index in [1.54, 1.807) is 41.3 Å². The van der Waals surface area contributed by atoms with Gasteiger partial charge in [0, 0.05) is 19.0 Å². The molecule has 35 heavy (non-hydrogen) atoms. The molecule has 0 aliphatic heterocycles. The van der Waals surface area contributed by atoms with E-state index >= 15 is 0 Å². The maximum atomic E-state index is 13.7. The minimum atomic E-state index is -0.746. The van der Waals surface area contributed by atoms with Gasteiger partial charge in [-0.25, -0.2) is 0 Å². The average Bonchev–Trinajstić information content (AvgIpc) is 2.81. The summed E-state index contributed by atoms with van der Waals surface area (Å²) >= 11 is 24.5. The van der Waals surface area contributed by atoms with E-state index in [2.05, 4.69) is 5.32 Å². The minimum absolute atomic E-state index is 0.0540. The van der Waals surface area contributed by atoms with Gasteiger partial charge in [-0.1, -0.05) is 88.9 Å². The summed E-state index contributed by atoms with van der Waals surface area (Å²) in [4.78, 5) is 28.7. The molecule has 3 aromatic rings. The second kappa shape index (κ2) is 12.6. The molecule has 8 heteroatoms. The Bertz CT molecular complexity index is 1190. The Morgan fingerprint density at radius 2 is 1.34 bits per heavy atom. The lowest BCUT2D eigenvalue weighted by atomic mass is 10.0. The third-order valence-corrected chi connectivity index (χ3v) is 6.86. The normalized spacial score (nSPS) is 11.9. The zero-order valence-corrected chi connectivity index (χ0v) is 22.4. The molecule has 0 saturated carbocycles. The second-order valence-corrected chi connectivity index (χ2v) is 10.2. The lowest BCUT2D eigenvalue weighted by Crippen LogP contribution is -2.52. The van der Waals surface area contributed by atoms with Gasteiger partial charge in [0.15, 0.2) is 0 Å². The fourth-order valence-corrected chi connectivity index (χ4v) is 4.34. The van der Waals surface area contributed by atoms with E-state index in [9.17, 15) is 9.59 Å². The smallest absolute Gasteiger partial charge is 0.243 e. The van der Waals surface area contributed by atoms with Gasteiger partial charge in [0.1, 0.15) is 6.04 Å². The van der Waals surface area contributed by atoms with Crippen LogP contribution in [-0.4, -0.2) is 28.8 Å². The highest BCUT2D eigenvalue weighted by Crippen LogP contribution is 2.26. The van der Waals surface area contributed by atoms with Crippen LogP contribution in [0.2, 0.25) is 20.1 Å². The Kier molecular flexibility index (Phi) is 9.88. The Hall–Kier alpha value is -2.24. The van der Waals surface area contributed by atoms with Gasteiger partial charge in [0.2, 0.25) is 11.8 Å². The number of carbonyl (C=O) groups is 2. The predicted molar refractivity (Wildman–Crippen MR) is 144 cm³/mol. The summed E-state index contributed by atoms with van der Waals surface area (Å²) in [5.74, 6) is -0.458. The SMILES string of the molecule is CC(C)NC(=O)[C@@H](Cc1ccccc1)N(Cc1ccc(Cl)c(Cl)c1)C(=O)Cc1ccc(Cl)c(Cl)c1. The van der Waals surface area contributed by atoms with Gasteiger partial charge < -0.3 is 10.2 Å². The van der Waals surface area contributed by atoms with Crippen LogP contribution in [0.4, 0.5) is 0 Å². The van der Waals surface area contributed by atoms with Crippen molar-refractivity contribution in [1.29, 1.82) is 0 Å². The molecular formula is C27H26Cl4N2O2. The van der Waals surface area contributed by atoms with Crippen LogP contribution in [0.15, 0.2) is 66.7 Å². The van der Waals surface area contributed by atoms with Crippen molar-refractivity contribution < 1.29 is 9.59 Å². The number of nitrogens with zero attached hydrogens (tertiary/aromatic N) is 1. The predicted octanol–water partition coefficient (Wildman–Crippen LogP) is 7.01. The van der Waals surface area contributed by atoms with Crippen LogP contribution in [0.5, 0.6) is 0 Å². The van der Waals surface area contributed by atoms with Gasteiger partial charge in [0.25, 0.3) is 0 Å². The highest BCUT2D eigenvalue weighted by molar-refractivity contribution is 6.42. The molecule has 2 amide bonds. The highest BCUT2D eigenvalue weighted by Gasteiger charge is 2.31. The molecule has 0 fully saturated rings. The van der Waals surface area contributed by atoms with Gasteiger partial charge in [-0.2, -0.15) is 0 Å². The highest BCUT2D eigenvalue weighted by atomic mass is 35.5. The van der Waals surface area contributed by atoms with Crippen molar-refractivity contribution in [2.45, 2.75) is 45.3 Å². The van der Waals surface area contributed by atoms with E-state index in [1.807, 2.05) is 44.2 Å². The van der Waals surface area contributed by atoms with Crippen LogP contribution in [0.1, 0.15) is 30.5 Å². The first kappa shape index (κ1) is 27.3. The molecule has 4 nitrogen and oxygen atoms in total. The van der Waals surface area contributed by atoms with Crippen LogP contribution in [0.3, 0.4) is 0 Å². The molecule has 0 aromatic heterocycles. The van der Waals surface area contributed by atoms with Crippen molar-refractivity contribution in [1.82, 2.24) is 10.2 Å². The molecule has 0 saturated heterocycles. The third kappa shape index (κ3) is 7.88. The minimum Gasteiger partial charge on any atom is -0.352 e. The third-order valence-electron chi connectivity index (χ3n) is 5.38. The first-order chi connectivity index (χ1) is 16.6. The molecule has 0 aliphatic carbocycles. The molecule has 1 N–H and O–H groups in total. The molecule has 184 valence electrons. The van der Waals surface area contributed by atoms with Crippen molar-refractivity contribution in [2.24, 2.45) is 0 Å². The number of rotatable bonds is 9. The van der Waals surface area contributed by atoms with E-state index in [4.69, 9.17) is 46.4 Å². The lowest BCUT2D eigenvalue weighted by molar-refractivity contribution is -0.141. The molecule has 1 atom stereocenters. The van der Waals surface area contributed by atoms with Crippen LogP contribution in [0.25, 0.3) is 0 Å². The molecule has 0 bridgehead atoms. The summed E-state index contributed by atoms with van der Waals surface area (Å²) in [6, 6.07) is 19.1. The second-order valence-electron chi connectivity index (χ2n) is 8.56. The maximum Gasteiger partial charge on any atom is 0.243 e. The van der Waals surface area contributed by atoms with Crippen molar-refractivity contribution in [3.05, 3.63) is 104 Å². The summed E-state index contributed by atoms with van der Waals surface area (Å²) in [5.41, 5.74) is 2.40. The van der Waals surface area contributed by atoms with Gasteiger partial charge in [-0.15, -0.1) is 0 Å². The molecule has 3 aromatic carbocycles. The Labute approximate surface area is 226 Å². The molecule has 0 radical (unpaired) electrons. The zero-order chi connectivity index (χ0) is 25.5.